The van der Waals surface area contributed by atoms with Crippen molar-refractivity contribution >= 4 is 90.4 Å². The van der Waals surface area contributed by atoms with Gasteiger partial charge in [-0.05, 0) is 46.5 Å². The molecule has 0 amide bonds. The van der Waals surface area contributed by atoms with Gasteiger partial charge in [0, 0.05) is 17.7 Å². The summed E-state index contributed by atoms with van der Waals surface area (Å²) in [7, 11) is 0. The average Bonchev–Trinajstić information content (AvgIpc) is 2.64. The van der Waals surface area contributed by atoms with Crippen molar-refractivity contribution < 1.29 is 9.47 Å². The first-order valence-corrected chi connectivity index (χ1v) is 13.5. The van der Waals surface area contributed by atoms with Crippen molar-refractivity contribution in [2.45, 2.75) is 17.7 Å². The summed E-state index contributed by atoms with van der Waals surface area (Å²) in [6.45, 7) is 1.11. The number of hydrogen-bond acceptors (Lipinski definition) is 2. The summed E-state index contributed by atoms with van der Waals surface area (Å²) in [5.74, 6) is 1.88. The van der Waals surface area contributed by atoms with Crippen LogP contribution in [0.25, 0.3) is 0 Å². The van der Waals surface area contributed by atoms with Crippen molar-refractivity contribution in [3.8, 4) is 11.5 Å². The Labute approximate surface area is 198 Å². The molecule has 0 aliphatic rings. The topological polar surface area (TPSA) is 18.5 Å². The minimum Gasteiger partial charge on any atom is -0.490 e. The highest BCUT2D eigenvalue weighted by Gasteiger charge is 2.03. The first-order chi connectivity index (χ1) is 11.7. The molecule has 0 aliphatic heterocycles. The minimum absolute atomic E-state index is 0.555. The second kappa shape index (κ2) is 11.6. The fourth-order valence-corrected chi connectivity index (χ4v) is 4.01. The molecular weight excluding hydrogens is 756 g/mol. The Morgan fingerprint density at radius 1 is 0.500 bits per heavy atom. The van der Waals surface area contributed by atoms with Crippen LogP contribution in [0, 0.1) is 0 Å². The fourth-order valence-electron chi connectivity index (χ4n) is 2.25. The van der Waals surface area contributed by atoms with Gasteiger partial charge in [-0.15, -0.1) is 0 Å². The summed E-state index contributed by atoms with van der Waals surface area (Å²) in [5, 5.41) is 0. The quantitative estimate of drug-likeness (QED) is 0.157. The highest BCUT2D eigenvalue weighted by atomic mass is 127. The van der Waals surface area contributed by atoms with Crippen molar-refractivity contribution in [2.75, 3.05) is 13.2 Å². The molecule has 0 bridgehead atoms. The van der Waals surface area contributed by atoms with Crippen LogP contribution in [-0.2, 0) is 17.7 Å². The Morgan fingerprint density at radius 3 is 1.04 bits per heavy atom. The SMILES string of the molecule is ICc1cc(CI)cc(OCCOc2cc(CI)cc(CI)c2)c1. The lowest BCUT2D eigenvalue weighted by molar-refractivity contribution is 0.217. The molecule has 130 valence electrons. The first kappa shape index (κ1) is 21.3. The lowest BCUT2D eigenvalue weighted by Crippen LogP contribution is -2.09. The molecule has 2 rings (SSSR count). The largest absolute Gasteiger partial charge is 0.490 e. The van der Waals surface area contributed by atoms with E-state index in [4.69, 9.17) is 9.47 Å². The number of rotatable bonds is 9. The summed E-state index contributed by atoms with van der Waals surface area (Å²) < 4.78 is 15.8. The third-order valence-corrected chi connectivity index (χ3v) is 6.81. The van der Waals surface area contributed by atoms with E-state index in [-0.39, 0.29) is 0 Å². The van der Waals surface area contributed by atoms with Gasteiger partial charge in [0.05, 0.1) is 0 Å². The van der Waals surface area contributed by atoms with Crippen LogP contribution in [0.2, 0.25) is 0 Å². The predicted octanol–water partition coefficient (Wildman–Crippen LogP) is 6.88. The second-order valence-electron chi connectivity index (χ2n) is 5.20. The van der Waals surface area contributed by atoms with Crippen molar-refractivity contribution in [3.63, 3.8) is 0 Å². The summed E-state index contributed by atoms with van der Waals surface area (Å²) in [5.41, 5.74) is 5.23. The molecule has 6 heteroatoms. The number of ether oxygens (including phenoxy) is 2. The van der Waals surface area contributed by atoms with Gasteiger partial charge in [0.2, 0.25) is 0 Å². The van der Waals surface area contributed by atoms with Crippen molar-refractivity contribution in [3.05, 3.63) is 58.7 Å². The zero-order valence-corrected chi connectivity index (χ0v) is 21.7. The Hall–Kier alpha value is 0.960. The summed E-state index contributed by atoms with van der Waals surface area (Å²) in [6, 6.07) is 13.0. The first-order valence-electron chi connectivity index (χ1n) is 7.43. The van der Waals surface area contributed by atoms with E-state index in [9.17, 15) is 0 Å². The van der Waals surface area contributed by atoms with Gasteiger partial charge >= 0.3 is 0 Å². The van der Waals surface area contributed by atoms with Gasteiger partial charge in [0.15, 0.2) is 0 Å². The highest BCUT2D eigenvalue weighted by molar-refractivity contribution is 14.1. The number of hydrogen-bond donors (Lipinski definition) is 0. The van der Waals surface area contributed by atoms with Crippen LogP contribution in [0.4, 0.5) is 0 Å². The second-order valence-corrected chi connectivity index (χ2v) is 8.25. The lowest BCUT2D eigenvalue weighted by Gasteiger charge is -2.12. The van der Waals surface area contributed by atoms with Crippen LogP contribution in [0.3, 0.4) is 0 Å². The highest BCUT2D eigenvalue weighted by Crippen LogP contribution is 2.23. The van der Waals surface area contributed by atoms with Gasteiger partial charge in [-0.1, -0.05) is 102 Å². The molecule has 0 heterocycles. The smallest absolute Gasteiger partial charge is 0.122 e. The van der Waals surface area contributed by atoms with Crippen LogP contribution < -0.4 is 9.47 Å². The van der Waals surface area contributed by atoms with E-state index in [1.807, 2.05) is 0 Å². The summed E-state index contributed by atoms with van der Waals surface area (Å²) >= 11 is 9.54. The normalized spacial score (nSPS) is 10.7. The average molecular weight is 774 g/mol. The minimum atomic E-state index is 0.555. The van der Waals surface area contributed by atoms with Crippen LogP contribution >= 0.6 is 90.4 Å². The Kier molecular flexibility index (Phi) is 10.3. The van der Waals surface area contributed by atoms with Gasteiger partial charge in [0.25, 0.3) is 0 Å². The molecule has 2 nitrogen and oxygen atoms in total. The van der Waals surface area contributed by atoms with Crippen molar-refractivity contribution in [2.24, 2.45) is 0 Å². The van der Waals surface area contributed by atoms with Gasteiger partial charge in [-0.3, -0.25) is 0 Å². The molecule has 2 aromatic carbocycles. The van der Waals surface area contributed by atoms with Gasteiger partial charge in [-0.2, -0.15) is 0 Å². The molecule has 0 atom stereocenters. The monoisotopic (exact) mass is 774 g/mol. The Bertz CT molecular complexity index is 559. The van der Waals surface area contributed by atoms with E-state index < -0.39 is 0 Å². The summed E-state index contributed by atoms with van der Waals surface area (Å²) in [6.07, 6.45) is 0. The van der Waals surface area contributed by atoms with Crippen molar-refractivity contribution in [1.29, 1.82) is 0 Å². The maximum absolute atomic E-state index is 5.89. The molecule has 0 unspecified atom stereocenters. The van der Waals surface area contributed by atoms with Crippen molar-refractivity contribution in [1.82, 2.24) is 0 Å². The molecule has 0 aliphatic carbocycles. The predicted molar refractivity (Wildman–Crippen MR) is 135 cm³/mol. The number of halogens is 4. The molecule has 0 saturated carbocycles. The maximum atomic E-state index is 5.89. The third-order valence-electron chi connectivity index (χ3n) is 3.29. The number of alkyl halides is 4. The van der Waals surface area contributed by atoms with E-state index in [0.29, 0.717) is 13.2 Å². The molecular formula is C18H18I4O2. The van der Waals surface area contributed by atoms with E-state index >= 15 is 0 Å². The standard InChI is InChI=1S/C18H18I4O2/c19-9-13-3-14(10-20)6-17(5-13)23-1-2-24-18-7-15(11-21)4-16(8-18)12-22/h3-8H,1-2,9-12H2. The molecule has 0 aromatic heterocycles. The van der Waals surface area contributed by atoms with Gasteiger partial charge < -0.3 is 9.47 Å². The maximum Gasteiger partial charge on any atom is 0.122 e. The zero-order valence-electron chi connectivity index (χ0n) is 13.0. The summed E-state index contributed by atoms with van der Waals surface area (Å²) in [4.78, 5) is 0. The number of benzene rings is 2. The van der Waals surface area contributed by atoms with E-state index in [1.165, 1.54) is 22.3 Å². The molecule has 2 aromatic rings. The van der Waals surface area contributed by atoms with Gasteiger partial charge in [-0.25, -0.2) is 0 Å². The van der Waals surface area contributed by atoms with Gasteiger partial charge in [0.1, 0.15) is 24.7 Å². The molecule has 0 radical (unpaired) electrons. The third kappa shape index (κ3) is 6.93. The fraction of sp³-hybridized carbons (Fsp3) is 0.333. The van der Waals surface area contributed by atoms with E-state index in [2.05, 4.69) is 127 Å². The molecule has 0 saturated heterocycles. The van der Waals surface area contributed by atoms with E-state index in [1.54, 1.807) is 0 Å². The molecule has 0 N–H and O–H groups in total. The molecule has 24 heavy (non-hydrogen) atoms. The lowest BCUT2D eigenvalue weighted by atomic mass is 10.1. The van der Waals surface area contributed by atoms with E-state index in [0.717, 1.165) is 29.2 Å². The van der Waals surface area contributed by atoms with Crippen LogP contribution in [0.15, 0.2) is 36.4 Å². The van der Waals surface area contributed by atoms with Crippen LogP contribution in [0.5, 0.6) is 11.5 Å². The Balaban J connectivity index is 1.91. The zero-order chi connectivity index (χ0) is 17.4. The Morgan fingerprint density at radius 2 is 0.792 bits per heavy atom. The van der Waals surface area contributed by atoms with Crippen LogP contribution in [0.1, 0.15) is 22.3 Å². The van der Waals surface area contributed by atoms with Crippen LogP contribution in [-0.4, -0.2) is 13.2 Å². The molecule has 0 fully saturated rings. The molecule has 0 spiro atoms.